The van der Waals surface area contributed by atoms with Crippen molar-refractivity contribution in [2.24, 2.45) is 0 Å². The molecule has 6 heteroatoms. The zero-order valence-corrected chi connectivity index (χ0v) is 17.0. The fourth-order valence-corrected chi connectivity index (χ4v) is 4.17. The highest BCUT2D eigenvalue weighted by atomic mass is 35.5. The fraction of sp³-hybridized carbons (Fsp3) is 0.364. The first-order valence-electron chi connectivity index (χ1n) is 9.80. The minimum absolute atomic E-state index is 0.518. The lowest BCUT2D eigenvalue weighted by Gasteiger charge is -2.31. The van der Waals surface area contributed by atoms with Crippen LogP contribution in [-0.2, 0) is 13.1 Å². The van der Waals surface area contributed by atoms with Crippen molar-refractivity contribution in [3.05, 3.63) is 71.2 Å². The molecule has 5 nitrogen and oxygen atoms in total. The Morgan fingerprint density at radius 3 is 2.82 bits per heavy atom. The lowest BCUT2D eigenvalue weighted by molar-refractivity contribution is 0.203. The van der Waals surface area contributed by atoms with E-state index >= 15 is 0 Å². The average molecular weight is 396 g/mol. The maximum atomic E-state index is 6.31. The maximum absolute atomic E-state index is 6.31. The Morgan fingerprint density at radius 2 is 2.07 bits per heavy atom. The number of halogens is 1. The van der Waals surface area contributed by atoms with Crippen LogP contribution in [0.5, 0.6) is 0 Å². The molecule has 0 saturated carbocycles. The molecule has 3 heterocycles. The fourth-order valence-electron chi connectivity index (χ4n) is 3.94. The van der Waals surface area contributed by atoms with Gasteiger partial charge in [0.05, 0.1) is 23.5 Å². The summed E-state index contributed by atoms with van der Waals surface area (Å²) in [6.45, 7) is 9.82. The van der Waals surface area contributed by atoms with Crippen molar-refractivity contribution >= 4 is 11.6 Å². The van der Waals surface area contributed by atoms with Gasteiger partial charge in [0.1, 0.15) is 0 Å². The number of hydrogen-bond donors (Lipinski definition) is 1. The topological polar surface area (TPSA) is 49.7 Å². The number of H-pyrrole nitrogens is 1. The molecule has 1 fully saturated rings. The Balaban J connectivity index is 1.37. The Bertz CT molecular complexity index is 950. The van der Waals surface area contributed by atoms with Gasteiger partial charge in [0.2, 0.25) is 0 Å². The third-order valence-electron chi connectivity index (χ3n) is 5.68. The molecule has 0 radical (unpaired) electrons. The van der Waals surface area contributed by atoms with Crippen molar-refractivity contribution in [1.82, 2.24) is 24.9 Å². The second-order valence-corrected chi connectivity index (χ2v) is 7.87. The standard InChI is InChI=1S/C22H26ClN5/c1-3-10-28-16(2)18(14-24-28)15-27-11-8-17(9-12-27)21-13-22(26-25-21)19-6-4-5-7-20(19)23/h3-7,13-14,17H,1,8-12,15H2,2H3,(H,25,26). The lowest BCUT2D eigenvalue weighted by Crippen LogP contribution is -2.32. The summed E-state index contributed by atoms with van der Waals surface area (Å²) in [5.74, 6) is 0.518. The van der Waals surface area contributed by atoms with Crippen molar-refractivity contribution in [3.63, 3.8) is 0 Å². The summed E-state index contributed by atoms with van der Waals surface area (Å²) in [6, 6.07) is 10.0. The van der Waals surface area contributed by atoms with E-state index in [9.17, 15) is 0 Å². The van der Waals surface area contributed by atoms with E-state index < -0.39 is 0 Å². The molecule has 1 N–H and O–H groups in total. The van der Waals surface area contributed by atoms with Gasteiger partial charge >= 0.3 is 0 Å². The van der Waals surface area contributed by atoms with Crippen molar-refractivity contribution in [2.45, 2.75) is 38.8 Å². The number of piperidine rings is 1. The van der Waals surface area contributed by atoms with Crippen LogP contribution in [0.4, 0.5) is 0 Å². The first kappa shape index (κ1) is 19.0. The quantitative estimate of drug-likeness (QED) is 0.610. The van der Waals surface area contributed by atoms with Gasteiger partial charge in [-0.25, -0.2) is 0 Å². The smallest absolute Gasteiger partial charge is 0.0938 e. The monoisotopic (exact) mass is 395 g/mol. The highest BCUT2D eigenvalue weighted by Gasteiger charge is 2.23. The molecule has 0 unspecified atom stereocenters. The number of nitrogens with zero attached hydrogens (tertiary/aromatic N) is 4. The molecule has 0 bridgehead atoms. The summed E-state index contributed by atoms with van der Waals surface area (Å²) in [7, 11) is 0. The second kappa shape index (κ2) is 8.33. The van der Waals surface area contributed by atoms with Crippen LogP contribution in [0.1, 0.15) is 35.7 Å². The van der Waals surface area contributed by atoms with Crippen LogP contribution in [-0.4, -0.2) is 38.0 Å². The van der Waals surface area contributed by atoms with Crippen LogP contribution in [0.3, 0.4) is 0 Å². The number of nitrogens with one attached hydrogen (secondary N) is 1. The van der Waals surface area contributed by atoms with Crippen molar-refractivity contribution in [1.29, 1.82) is 0 Å². The lowest BCUT2D eigenvalue weighted by atomic mass is 9.93. The van der Waals surface area contributed by atoms with E-state index in [4.69, 9.17) is 11.6 Å². The molecule has 28 heavy (non-hydrogen) atoms. The van der Waals surface area contributed by atoms with E-state index in [1.54, 1.807) is 0 Å². The Labute approximate surface area is 171 Å². The van der Waals surface area contributed by atoms with Gasteiger partial charge in [-0.15, -0.1) is 6.58 Å². The molecule has 146 valence electrons. The number of hydrogen-bond acceptors (Lipinski definition) is 3. The van der Waals surface area contributed by atoms with Gasteiger partial charge in [-0.2, -0.15) is 10.2 Å². The molecule has 0 spiro atoms. The first-order valence-corrected chi connectivity index (χ1v) is 10.2. The summed E-state index contributed by atoms with van der Waals surface area (Å²) >= 11 is 6.31. The number of benzene rings is 1. The molecule has 3 aromatic rings. The van der Waals surface area contributed by atoms with E-state index in [1.165, 1.54) is 17.0 Å². The zero-order chi connectivity index (χ0) is 19.5. The Hall–Kier alpha value is -2.37. The Kier molecular flexibility index (Phi) is 5.64. The van der Waals surface area contributed by atoms with Crippen LogP contribution >= 0.6 is 11.6 Å². The van der Waals surface area contributed by atoms with Gasteiger partial charge in [-0.3, -0.25) is 14.7 Å². The Morgan fingerprint density at radius 1 is 1.29 bits per heavy atom. The SMILES string of the molecule is C=CCn1ncc(CN2CCC(c3cc(-c4ccccc4Cl)n[nH]3)CC2)c1C. The number of allylic oxidation sites excluding steroid dienone is 1. The minimum atomic E-state index is 0.518. The van der Waals surface area contributed by atoms with E-state index in [0.29, 0.717) is 5.92 Å². The summed E-state index contributed by atoms with van der Waals surface area (Å²) in [5, 5.41) is 12.9. The molecular formula is C22H26ClN5. The highest BCUT2D eigenvalue weighted by Crippen LogP contribution is 2.32. The predicted molar refractivity (Wildman–Crippen MR) is 113 cm³/mol. The van der Waals surface area contributed by atoms with Gasteiger partial charge in [0.25, 0.3) is 0 Å². The third-order valence-corrected chi connectivity index (χ3v) is 6.01. The summed E-state index contributed by atoms with van der Waals surface area (Å²) in [4.78, 5) is 2.52. The van der Waals surface area contributed by atoms with E-state index in [2.05, 4.69) is 39.8 Å². The molecule has 1 aliphatic rings. The molecule has 1 saturated heterocycles. The average Bonchev–Trinajstić information content (AvgIpc) is 3.32. The van der Waals surface area contributed by atoms with Gasteiger partial charge in [0.15, 0.2) is 0 Å². The van der Waals surface area contributed by atoms with Gasteiger partial charge in [0, 0.05) is 35.0 Å². The largest absolute Gasteiger partial charge is 0.299 e. The van der Waals surface area contributed by atoms with Crippen LogP contribution in [0, 0.1) is 6.92 Å². The molecule has 2 aromatic heterocycles. The van der Waals surface area contributed by atoms with Crippen LogP contribution in [0.25, 0.3) is 11.3 Å². The predicted octanol–water partition coefficient (Wildman–Crippen LogP) is 4.80. The first-order chi connectivity index (χ1) is 13.7. The molecule has 1 aromatic carbocycles. The molecule has 0 amide bonds. The van der Waals surface area contributed by atoms with Gasteiger partial charge in [-0.05, 0) is 45.0 Å². The van der Waals surface area contributed by atoms with E-state index in [0.717, 1.165) is 55.3 Å². The molecule has 0 aliphatic carbocycles. The molecule has 0 atom stereocenters. The van der Waals surface area contributed by atoms with Crippen LogP contribution in [0.15, 0.2) is 49.2 Å². The van der Waals surface area contributed by atoms with E-state index in [-0.39, 0.29) is 0 Å². The van der Waals surface area contributed by atoms with Crippen molar-refractivity contribution in [3.8, 4) is 11.3 Å². The number of likely N-dealkylation sites (tertiary alicyclic amines) is 1. The third kappa shape index (κ3) is 3.91. The summed E-state index contributed by atoms with van der Waals surface area (Å²) in [5.41, 5.74) is 5.66. The normalized spacial score (nSPS) is 15.8. The van der Waals surface area contributed by atoms with Gasteiger partial charge in [-0.1, -0.05) is 35.9 Å². The van der Waals surface area contributed by atoms with Crippen LogP contribution in [0.2, 0.25) is 5.02 Å². The molecule has 4 rings (SSSR count). The molecular weight excluding hydrogens is 370 g/mol. The maximum Gasteiger partial charge on any atom is 0.0938 e. The molecule has 1 aliphatic heterocycles. The summed E-state index contributed by atoms with van der Waals surface area (Å²) in [6.07, 6.45) is 6.14. The number of aromatic nitrogens is 4. The highest BCUT2D eigenvalue weighted by molar-refractivity contribution is 6.33. The van der Waals surface area contributed by atoms with Crippen molar-refractivity contribution < 1.29 is 0 Å². The number of rotatable bonds is 6. The second-order valence-electron chi connectivity index (χ2n) is 7.46. The van der Waals surface area contributed by atoms with Crippen molar-refractivity contribution in [2.75, 3.05) is 13.1 Å². The van der Waals surface area contributed by atoms with Crippen LogP contribution < -0.4 is 0 Å². The summed E-state index contributed by atoms with van der Waals surface area (Å²) < 4.78 is 2.01. The van der Waals surface area contributed by atoms with E-state index in [1.807, 2.05) is 41.2 Å². The zero-order valence-electron chi connectivity index (χ0n) is 16.2. The minimum Gasteiger partial charge on any atom is -0.299 e. The number of aromatic amines is 1. The van der Waals surface area contributed by atoms with Gasteiger partial charge < -0.3 is 0 Å².